The number of benzene rings is 1. The van der Waals surface area contributed by atoms with Gasteiger partial charge in [0.05, 0.1) is 0 Å². The molecule has 0 nitrogen and oxygen atoms in total. The maximum absolute atomic E-state index is 4.01. The van der Waals surface area contributed by atoms with Crippen LogP contribution in [0.2, 0.25) is 0 Å². The molecule has 0 radical (unpaired) electrons. The summed E-state index contributed by atoms with van der Waals surface area (Å²) < 4.78 is 0. The van der Waals surface area contributed by atoms with E-state index < -0.39 is 0 Å². The number of rotatable bonds is 3. The quantitative estimate of drug-likeness (QED) is 0.605. The fourth-order valence-electron chi connectivity index (χ4n) is 1.12. The van der Waals surface area contributed by atoms with Crippen LogP contribution in [0.25, 0.3) is 5.57 Å². The molecule has 0 N–H and O–H groups in total. The van der Waals surface area contributed by atoms with Crippen LogP contribution in [0.3, 0.4) is 0 Å². The summed E-state index contributed by atoms with van der Waals surface area (Å²) in [6, 6.07) is 8.44. The van der Waals surface area contributed by atoms with Gasteiger partial charge in [0.1, 0.15) is 0 Å². The van der Waals surface area contributed by atoms with E-state index in [1.165, 1.54) is 11.1 Å². The monoisotopic (exact) mass is 172 g/mol. The highest BCUT2D eigenvalue weighted by molar-refractivity contribution is 5.71. The van der Waals surface area contributed by atoms with E-state index in [4.69, 9.17) is 0 Å². The third-order valence-corrected chi connectivity index (χ3v) is 1.98. The number of allylic oxidation sites excluding steroid dienone is 3. The summed E-state index contributed by atoms with van der Waals surface area (Å²) in [5.41, 5.74) is 3.58. The van der Waals surface area contributed by atoms with E-state index in [0.717, 1.165) is 12.0 Å². The van der Waals surface area contributed by atoms with Gasteiger partial charge in [-0.1, -0.05) is 55.5 Å². The Morgan fingerprint density at radius 2 is 1.92 bits per heavy atom. The lowest BCUT2D eigenvalue weighted by atomic mass is 10.1. The Bertz CT molecular complexity index is 301. The van der Waals surface area contributed by atoms with Crippen LogP contribution in [0.1, 0.15) is 24.5 Å². The van der Waals surface area contributed by atoms with Crippen LogP contribution >= 0.6 is 0 Å². The molecule has 0 spiro atoms. The second-order valence-electron chi connectivity index (χ2n) is 3.20. The Labute approximate surface area is 80.6 Å². The van der Waals surface area contributed by atoms with Gasteiger partial charge >= 0.3 is 0 Å². The van der Waals surface area contributed by atoms with E-state index in [1.54, 1.807) is 0 Å². The van der Waals surface area contributed by atoms with Crippen molar-refractivity contribution < 1.29 is 0 Å². The van der Waals surface area contributed by atoms with Gasteiger partial charge in [-0.25, -0.2) is 0 Å². The highest BCUT2D eigenvalue weighted by Gasteiger charge is 1.92. The van der Waals surface area contributed by atoms with Crippen LogP contribution in [-0.2, 0) is 0 Å². The van der Waals surface area contributed by atoms with Gasteiger partial charge in [-0.3, -0.25) is 0 Å². The van der Waals surface area contributed by atoms with E-state index >= 15 is 0 Å². The Hall–Kier alpha value is -1.30. The molecule has 1 aromatic rings. The first-order chi connectivity index (χ1) is 6.24. The molecule has 0 aliphatic rings. The largest absolute Gasteiger partial charge is 0.0912 e. The van der Waals surface area contributed by atoms with Crippen molar-refractivity contribution in [2.45, 2.75) is 20.3 Å². The number of hydrogen-bond acceptors (Lipinski definition) is 0. The molecule has 0 unspecified atom stereocenters. The molecule has 0 aliphatic heterocycles. The molecule has 0 fully saturated rings. The minimum Gasteiger partial charge on any atom is -0.0912 e. The van der Waals surface area contributed by atoms with Crippen LogP contribution in [0.15, 0.2) is 43.0 Å². The van der Waals surface area contributed by atoms with E-state index in [0.29, 0.717) is 0 Å². The maximum atomic E-state index is 4.01. The minimum absolute atomic E-state index is 1.06. The van der Waals surface area contributed by atoms with Gasteiger partial charge in [-0.05, 0) is 24.5 Å². The lowest BCUT2D eigenvalue weighted by Crippen LogP contribution is -1.79. The van der Waals surface area contributed by atoms with Crippen LogP contribution in [0.5, 0.6) is 0 Å². The first kappa shape index (κ1) is 9.79. The Morgan fingerprint density at radius 3 is 2.46 bits per heavy atom. The zero-order valence-corrected chi connectivity index (χ0v) is 8.38. The third-order valence-electron chi connectivity index (χ3n) is 1.98. The number of aryl methyl sites for hydroxylation is 1. The molecule has 68 valence electrons. The summed E-state index contributed by atoms with van der Waals surface area (Å²) >= 11 is 0. The van der Waals surface area contributed by atoms with Crippen molar-refractivity contribution in [3.05, 3.63) is 54.1 Å². The predicted molar refractivity (Wildman–Crippen MR) is 59.6 cm³/mol. The van der Waals surface area contributed by atoms with Gasteiger partial charge in [-0.15, -0.1) is 0 Å². The summed E-state index contributed by atoms with van der Waals surface area (Å²) in [6.07, 6.45) is 5.26. The van der Waals surface area contributed by atoms with Crippen LogP contribution in [0.4, 0.5) is 0 Å². The summed E-state index contributed by atoms with van der Waals surface area (Å²) in [4.78, 5) is 0. The first-order valence-electron chi connectivity index (χ1n) is 4.66. The summed E-state index contributed by atoms with van der Waals surface area (Å²) in [5, 5.41) is 0. The molecule has 0 saturated heterocycles. The fraction of sp³-hybridized carbons (Fsp3) is 0.231. The van der Waals surface area contributed by atoms with Crippen LogP contribution < -0.4 is 0 Å². The van der Waals surface area contributed by atoms with Crippen molar-refractivity contribution >= 4 is 5.57 Å². The molecule has 1 aromatic carbocycles. The SMILES string of the molecule is C=C(/C=C\CC)c1ccc(C)cc1. The smallest absolute Gasteiger partial charge is 0.0190 e. The molecular formula is C13H16. The van der Waals surface area contributed by atoms with Crippen molar-refractivity contribution in [1.82, 2.24) is 0 Å². The molecular weight excluding hydrogens is 156 g/mol. The van der Waals surface area contributed by atoms with E-state index in [9.17, 15) is 0 Å². The zero-order chi connectivity index (χ0) is 9.68. The first-order valence-corrected chi connectivity index (χ1v) is 4.66. The lowest BCUT2D eigenvalue weighted by molar-refractivity contribution is 1.22. The van der Waals surface area contributed by atoms with Gasteiger partial charge in [0, 0.05) is 0 Å². The second kappa shape index (κ2) is 4.66. The molecule has 0 aliphatic carbocycles. The van der Waals surface area contributed by atoms with E-state index in [-0.39, 0.29) is 0 Å². The van der Waals surface area contributed by atoms with Gasteiger partial charge in [-0.2, -0.15) is 0 Å². The predicted octanol–water partition coefficient (Wildman–Crippen LogP) is 3.97. The highest BCUT2D eigenvalue weighted by Crippen LogP contribution is 2.14. The number of hydrogen-bond donors (Lipinski definition) is 0. The van der Waals surface area contributed by atoms with Crippen molar-refractivity contribution in [2.24, 2.45) is 0 Å². The zero-order valence-electron chi connectivity index (χ0n) is 8.38. The topological polar surface area (TPSA) is 0 Å². The van der Waals surface area contributed by atoms with Crippen molar-refractivity contribution in [2.75, 3.05) is 0 Å². The van der Waals surface area contributed by atoms with Gasteiger partial charge in [0.25, 0.3) is 0 Å². The van der Waals surface area contributed by atoms with Crippen molar-refractivity contribution in [3.8, 4) is 0 Å². The Balaban J connectivity index is 2.78. The lowest BCUT2D eigenvalue weighted by Gasteiger charge is -2.00. The molecule has 0 amide bonds. The van der Waals surface area contributed by atoms with E-state index in [2.05, 4.69) is 56.8 Å². The van der Waals surface area contributed by atoms with Crippen LogP contribution in [-0.4, -0.2) is 0 Å². The molecule has 0 atom stereocenters. The van der Waals surface area contributed by atoms with Crippen molar-refractivity contribution in [3.63, 3.8) is 0 Å². The average Bonchev–Trinajstić information content (AvgIpc) is 2.15. The standard InChI is InChI=1S/C13H16/c1-4-5-6-12(3)13-9-7-11(2)8-10-13/h5-10H,3-4H2,1-2H3/b6-5-. The summed E-state index contributed by atoms with van der Waals surface area (Å²) in [7, 11) is 0. The highest BCUT2D eigenvalue weighted by atomic mass is 14.0. The molecule has 0 aromatic heterocycles. The van der Waals surface area contributed by atoms with Gasteiger partial charge < -0.3 is 0 Å². The fourth-order valence-corrected chi connectivity index (χ4v) is 1.12. The Kier molecular flexibility index (Phi) is 3.51. The second-order valence-corrected chi connectivity index (χ2v) is 3.20. The molecule has 13 heavy (non-hydrogen) atoms. The molecule has 0 heterocycles. The van der Waals surface area contributed by atoms with Gasteiger partial charge in [0.2, 0.25) is 0 Å². The third kappa shape index (κ3) is 2.90. The summed E-state index contributed by atoms with van der Waals surface area (Å²) in [6.45, 7) is 8.22. The molecule has 0 bridgehead atoms. The Morgan fingerprint density at radius 1 is 1.31 bits per heavy atom. The normalized spacial score (nSPS) is 10.6. The summed E-state index contributed by atoms with van der Waals surface area (Å²) in [5.74, 6) is 0. The van der Waals surface area contributed by atoms with Crippen molar-refractivity contribution in [1.29, 1.82) is 0 Å². The van der Waals surface area contributed by atoms with Crippen LogP contribution in [0, 0.1) is 6.92 Å². The molecule has 0 heteroatoms. The van der Waals surface area contributed by atoms with Gasteiger partial charge in [0.15, 0.2) is 0 Å². The minimum atomic E-state index is 1.06. The maximum Gasteiger partial charge on any atom is -0.0190 e. The molecule has 0 saturated carbocycles. The average molecular weight is 172 g/mol. The molecule has 1 rings (SSSR count). The van der Waals surface area contributed by atoms with E-state index in [1.807, 2.05) is 0 Å².